The summed E-state index contributed by atoms with van der Waals surface area (Å²) < 4.78 is 25.8. The van der Waals surface area contributed by atoms with E-state index in [1.165, 1.54) is 0 Å². The van der Waals surface area contributed by atoms with E-state index in [1.54, 1.807) is 4.31 Å². The van der Waals surface area contributed by atoms with E-state index < -0.39 is 10.0 Å². The first-order chi connectivity index (χ1) is 7.12. The molecule has 0 radical (unpaired) electrons. The fraction of sp³-hybridized carbons (Fsp3) is 1.00. The van der Waals surface area contributed by atoms with Crippen molar-refractivity contribution >= 4 is 10.0 Å². The molecule has 1 aliphatic heterocycles. The van der Waals surface area contributed by atoms with Gasteiger partial charge in [-0.05, 0) is 24.7 Å². The summed E-state index contributed by atoms with van der Waals surface area (Å²) in [6, 6.07) is 0.0786. The van der Waals surface area contributed by atoms with Crippen molar-refractivity contribution in [2.45, 2.75) is 40.2 Å². The van der Waals surface area contributed by atoms with Crippen molar-refractivity contribution in [3.63, 3.8) is 0 Å². The molecule has 1 heterocycles. The summed E-state index contributed by atoms with van der Waals surface area (Å²) in [5.74, 6) is 0.529. The van der Waals surface area contributed by atoms with Crippen molar-refractivity contribution < 1.29 is 8.42 Å². The molecule has 0 spiro atoms. The van der Waals surface area contributed by atoms with E-state index in [0.717, 1.165) is 6.42 Å². The maximum Gasteiger partial charge on any atom is 0.214 e. The third kappa shape index (κ3) is 3.71. The lowest BCUT2D eigenvalue weighted by atomic mass is 10.0. The van der Waals surface area contributed by atoms with Crippen LogP contribution in [0.2, 0.25) is 0 Å². The molecule has 5 heteroatoms. The molecule has 2 N–H and O–H groups in total. The van der Waals surface area contributed by atoms with Crippen LogP contribution in [0.1, 0.15) is 34.1 Å². The second-order valence-electron chi connectivity index (χ2n) is 6.08. The highest BCUT2D eigenvalue weighted by molar-refractivity contribution is 7.89. The SMILES string of the molecule is CC(N)C1CCN(S(=O)(=O)CC(C)(C)C)C1. The molecule has 2 atom stereocenters. The Hall–Kier alpha value is -0.130. The number of rotatable bonds is 3. The Morgan fingerprint density at radius 1 is 1.44 bits per heavy atom. The lowest BCUT2D eigenvalue weighted by Crippen LogP contribution is -2.37. The molecular formula is C11H24N2O2S. The van der Waals surface area contributed by atoms with Crippen LogP contribution < -0.4 is 5.73 Å². The summed E-state index contributed by atoms with van der Waals surface area (Å²) in [4.78, 5) is 0. The van der Waals surface area contributed by atoms with Crippen molar-refractivity contribution in [3.8, 4) is 0 Å². The van der Waals surface area contributed by atoms with Crippen LogP contribution in [0.15, 0.2) is 0 Å². The molecule has 0 aromatic heterocycles. The van der Waals surface area contributed by atoms with Crippen molar-refractivity contribution in [3.05, 3.63) is 0 Å². The molecule has 0 aromatic carbocycles. The summed E-state index contributed by atoms with van der Waals surface area (Å²) in [6.45, 7) is 9.02. The van der Waals surface area contributed by atoms with Crippen molar-refractivity contribution in [2.75, 3.05) is 18.8 Å². The maximum absolute atomic E-state index is 12.1. The molecule has 2 unspecified atom stereocenters. The molecule has 1 rings (SSSR count). The minimum Gasteiger partial charge on any atom is -0.328 e. The van der Waals surface area contributed by atoms with Gasteiger partial charge < -0.3 is 5.73 Å². The zero-order chi connectivity index (χ0) is 12.6. The van der Waals surface area contributed by atoms with Crippen LogP contribution in [0, 0.1) is 11.3 Å². The highest BCUT2D eigenvalue weighted by Crippen LogP contribution is 2.25. The fourth-order valence-electron chi connectivity index (χ4n) is 2.07. The Morgan fingerprint density at radius 3 is 2.38 bits per heavy atom. The number of sulfonamides is 1. The van der Waals surface area contributed by atoms with Crippen molar-refractivity contribution in [2.24, 2.45) is 17.1 Å². The molecule has 4 nitrogen and oxygen atoms in total. The monoisotopic (exact) mass is 248 g/mol. The number of hydrogen-bond donors (Lipinski definition) is 1. The first-order valence-corrected chi connectivity index (χ1v) is 7.46. The second-order valence-corrected chi connectivity index (χ2v) is 8.05. The van der Waals surface area contributed by atoms with E-state index in [1.807, 2.05) is 27.7 Å². The predicted molar refractivity (Wildman–Crippen MR) is 66.6 cm³/mol. The first-order valence-electron chi connectivity index (χ1n) is 5.85. The standard InChI is InChI=1S/C11H24N2O2S/c1-9(12)10-5-6-13(7-10)16(14,15)8-11(2,3)4/h9-10H,5-8,12H2,1-4H3. The molecule has 16 heavy (non-hydrogen) atoms. The van der Waals surface area contributed by atoms with Gasteiger partial charge in [0.25, 0.3) is 0 Å². The van der Waals surface area contributed by atoms with E-state index >= 15 is 0 Å². The normalized spacial score (nSPS) is 25.9. The third-order valence-electron chi connectivity index (χ3n) is 2.94. The lowest BCUT2D eigenvalue weighted by Gasteiger charge is -2.23. The van der Waals surface area contributed by atoms with E-state index in [9.17, 15) is 8.42 Å². The first kappa shape index (κ1) is 13.9. The largest absolute Gasteiger partial charge is 0.328 e. The summed E-state index contributed by atoms with van der Waals surface area (Å²) in [6.07, 6.45) is 0.890. The van der Waals surface area contributed by atoms with Crippen LogP contribution in [0.5, 0.6) is 0 Å². The number of nitrogens with two attached hydrogens (primary N) is 1. The molecular weight excluding hydrogens is 224 g/mol. The molecule has 1 aliphatic rings. The van der Waals surface area contributed by atoms with Gasteiger partial charge in [-0.3, -0.25) is 0 Å². The van der Waals surface area contributed by atoms with Gasteiger partial charge in [0.15, 0.2) is 0 Å². The van der Waals surface area contributed by atoms with E-state index in [2.05, 4.69) is 0 Å². The Labute approximate surface area is 99.2 Å². The van der Waals surface area contributed by atoms with Crippen LogP contribution in [-0.4, -0.2) is 37.6 Å². The minimum atomic E-state index is -3.11. The van der Waals surface area contributed by atoms with Gasteiger partial charge in [0, 0.05) is 19.1 Å². The molecule has 0 amide bonds. The van der Waals surface area contributed by atoms with Crippen molar-refractivity contribution in [1.29, 1.82) is 0 Å². The molecule has 0 bridgehead atoms. The molecule has 0 aliphatic carbocycles. The number of hydrogen-bond acceptors (Lipinski definition) is 3. The van der Waals surface area contributed by atoms with E-state index in [0.29, 0.717) is 19.0 Å². The van der Waals surface area contributed by atoms with Gasteiger partial charge in [-0.1, -0.05) is 20.8 Å². The van der Waals surface area contributed by atoms with Gasteiger partial charge >= 0.3 is 0 Å². The van der Waals surface area contributed by atoms with Crippen molar-refractivity contribution in [1.82, 2.24) is 4.31 Å². The highest BCUT2D eigenvalue weighted by atomic mass is 32.2. The van der Waals surface area contributed by atoms with Gasteiger partial charge in [0.1, 0.15) is 0 Å². The van der Waals surface area contributed by atoms with Gasteiger partial charge in [-0.25, -0.2) is 12.7 Å². The van der Waals surface area contributed by atoms with Crippen LogP contribution >= 0.6 is 0 Å². The smallest absolute Gasteiger partial charge is 0.214 e. The average molecular weight is 248 g/mol. The van der Waals surface area contributed by atoms with Crippen LogP contribution in [0.3, 0.4) is 0 Å². The topological polar surface area (TPSA) is 63.4 Å². The van der Waals surface area contributed by atoms with Crippen LogP contribution in [-0.2, 0) is 10.0 Å². The minimum absolute atomic E-state index is 0.0786. The Kier molecular flexibility index (Phi) is 4.03. The second kappa shape index (κ2) is 4.63. The predicted octanol–water partition coefficient (Wildman–Crippen LogP) is 1.03. The van der Waals surface area contributed by atoms with Gasteiger partial charge in [0.2, 0.25) is 10.0 Å². The summed E-state index contributed by atoms with van der Waals surface area (Å²) in [5, 5.41) is 0. The van der Waals surface area contributed by atoms with Gasteiger partial charge in [-0.2, -0.15) is 0 Å². The quantitative estimate of drug-likeness (QED) is 0.811. The van der Waals surface area contributed by atoms with E-state index in [-0.39, 0.29) is 17.2 Å². The molecule has 0 saturated carbocycles. The summed E-state index contributed by atoms with van der Waals surface area (Å²) in [5.41, 5.74) is 5.62. The Morgan fingerprint density at radius 2 is 2.00 bits per heavy atom. The Balaban J connectivity index is 2.66. The third-order valence-corrected chi connectivity index (χ3v) is 5.29. The average Bonchev–Trinajstić information content (AvgIpc) is 2.46. The highest BCUT2D eigenvalue weighted by Gasteiger charge is 2.34. The number of nitrogens with zero attached hydrogens (tertiary/aromatic N) is 1. The summed E-state index contributed by atoms with van der Waals surface area (Å²) >= 11 is 0. The molecule has 1 saturated heterocycles. The maximum atomic E-state index is 12.1. The molecule has 1 fully saturated rings. The zero-order valence-electron chi connectivity index (χ0n) is 10.7. The Bertz CT molecular complexity index is 330. The lowest BCUT2D eigenvalue weighted by molar-refractivity contribution is 0.406. The molecule has 0 aromatic rings. The van der Waals surface area contributed by atoms with Crippen LogP contribution in [0.25, 0.3) is 0 Å². The van der Waals surface area contributed by atoms with Gasteiger partial charge in [0.05, 0.1) is 5.75 Å². The molecule has 96 valence electrons. The summed E-state index contributed by atoms with van der Waals surface area (Å²) in [7, 11) is -3.11. The van der Waals surface area contributed by atoms with E-state index in [4.69, 9.17) is 5.73 Å². The zero-order valence-corrected chi connectivity index (χ0v) is 11.5. The van der Waals surface area contributed by atoms with Crippen LogP contribution in [0.4, 0.5) is 0 Å². The fourth-order valence-corrected chi connectivity index (χ4v) is 4.15. The van der Waals surface area contributed by atoms with Gasteiger partial charge in [-0.15, -0.1) is 0 Å².